The number of benzene rings is 1. The van der Waals surface area contributed by atoms with Crippen molar-refractivity contribution in [3.05, 3.63) is 64.6 Å². The summed E-state index contributed by atoms with van der Waals surface area (Å²) in [5, 5.41) is 10.1. The van der Waals surface area contributed by atoms with E-state index in [0.717, 1.165) is 5.56 Å². The van der Waals surface area contributed by atoms with Crippen LogP contribution in [0.1, 0.15) is 18.1 Å². The highest BCUT2D eigenvalue weighted by Crippen LogP contribution is 2.16. The molecular weight excluding hydrogens is 242 g/mol. The quantitative estimate of drug-likeness (QED) is 0.893. The summed E-state index contributed by atoms with van der Waals surface area (Å²) >= 11 is 0. The van der Waals surface area contributed by atoms with E-state index in [1.54, 1.807) is 22.9 Å². The lowest BCUT2D eigenvalue weighted by Gasteiger charge is -2.12. The maximum atomic E-state index is 11.9. The minimum atomic E-state index is -0.570. The Bertz CT molecular complexity index is 577. The summed E-state index contributed by atoms with van der Waals surface area (Å²) in [6.45, 7) is 0.450. The van der Waals surface area contributed by atoms with E-state index in [4.69, 9.17) is 4.74 Å². The molecule has 0 saturated heterocycles. The smallest absolute Gasteiger partial charge is 0.292 e. The van der Waals surface area contributed by atoms with Crippen molar-refractivity contribution in [2.45, 2.75) is 19.1 Å². The molecule has 2 rings (SSSR count). The predicted molar refractivity (Wildman–Crippen MR) is 73.3 cm³/mol. The zero-order valence-corrected chi connectivity index (χ0v) is 10.8. The molecule has 0 fully saturated rings. The molecule has 4 heteroatoms. The normalized spacial score (nSPS) is 12.1. The van der Waals surface area contributed by atoms with Crippen LogP contribution in [0.5, 0.6) is 5.75 Å². The average Bonchev–Trinajstić information content (AvgIpc) is 2.47. The molecule has 0 spiro atoms. The zero-order chi connectivity index (χ0) is 13.7. The van der Waals surface area contributed by atoms with Gasteiger partial charge in [0.2, 0.25) is 0 Å². The van der Waals surface area contributed by atoms with Crippen molar-refractivity contribution in [1.29, 1.82) is 0 Å². The van der Waals surface area contributed by atoms with Gasteiger partial charge >= 0.3 is 0 Å². The van der Waals surface area contributed by atoms with Gasteiger partial charge < -0.3 is 14.4 Å². The molecule has 1 heterocycles. The van der Waals surface area contributed by atoms with Crippen molar-refractivity contribution in [1.82, 2.24) is 4.57 Å². The lowest BCUT2D eigenvalue weighted by molar-refractivity contribution is 0.160. The van der Waals surface area contributed by atoms with E-state index in [1.807, 2.05) is 30.3 Å². The van der Waals surface area contributed by atoms with Gasteiger partial charge in [-0.15, -0.1) is 0 Å². The van der Waals surface area contributed by atoms with E-state index in [9.17, 15) is 9.90 Å². The van der Waals surface area contributed by atoms with Crippen LogP contribution >= 0.6 is 0 Å². The topological polar surface area (TPSA) is 51.5 Å². The van der Waals surface area contributed by atoms with Crippen LogP contribution in [-0.2, 0) is 6.54 Å². The molecule has 0 aliphatic heterocycles. The van der Waals surface area contributed by atoms with Gasteiger partial charge in [0, 0.05) is 12.7 Å². The van der Waals surface area contributed by atoms with E-state index < -0.39 is 6.10 Å². The monoisotopic (exact) mass is 259 g/mol. The SMILES string of the molecule is COc1cccn(CC[C@H](O)c2ccccc2)c1=O. The Hall–Kier alpha value is -2.07. The second-order valence-electron chi connectivity index (χ2n) is 4.29. The summed E-state index contributed by atoms with van der Waals surface area (Å²) in [4.78, 5) is 11.9. The molecule has 1 aromatic carbocycles. The van der Waals surface area contributed by atoms with Gasteiger partial charge in [-0.3, -0.25) is 4.79 Å². The standard InChI is InChI=1S/C15H17NO3/c1-19-14-8-5-10-16(15(14)18)11-9-13(17)12-6-3-2-4-7-12/h2-8,10,13,17H,9,11H2,1H3/t13-/m0/s1. The van der Waals surface area contributed by atoms with E-state index in [0.29, 0.717) is 18.7 Å². The van der Waals surface area contributed by atoms with Crippen LogP contribution in [-0.4, -0.2) is 16.8 Å². The summed E-state index contributed by atoms with van der Waals surface area (Å²) in [5.74, 6) is 0.316. The molecule has 1 aromatic heterocycles. The van der Waals surface area contributed by atoms with Crippen LogP contribution in [0.2, 0.25) is 0 Å². The van der Waals surface area contributed by atoms with Gasteiger partial charge in [0.05, 0.1) is 13.2 Å². The number of hydrogen-bond acceptors (Lipinski definition) is 3. The van der Waals surface area contributed by atoms with Gasteiger partial charge in [0.15, 0.2) is 5.75 Å². The summed E-state index contributed by atoms with van der Waals surface area (Å²) in [5.41, 5.74) is 0.684. The van der Waals surface area contributed by atoms with E-state index in [2.05, 4.69) is 0 Å². The third-order valence-corrected chi connectivity index (χ3v) is 3.03. The first-order valence-corrected chi connectivity index (χ1v) is 6.19. The Morgan fingerprint density at radius 2 is 1.95 bits per heavy atom. The third-order valence-electron chi connectivity index (χ3n) is 3.03. The van der Waals surface area contributed by atoms with Gasteiger partial charge in [0.25, 0.3) is 5.56 Å². The van der Waals surface area contributed by atoms with Crippen molar-refractivity contribution in [2.24, 2.45) is 0 Å². The second-order valence-corrected chi connectivity index (χ2v) is 4.29. The first-order valence-electron chi connectivity index (χ1n) is 6.19. The molecule has 19 heavy (non-hydrogen) atoms. The van der Waals surface area contributed by atoms with Crippen molar-refractivity contribution in [3.8, 4) is 5.75 Å². The number of aliphatic hydroxyl groups is 1. The number of aromatic nitrogens is 1. The molecule has 0 aliphatic rings. The fraction of sp³-hybridized carbons (Fsp3) is 0.267. The Morgan fingerprint density at radius 1 is 1.21 bits per heavy atom. The van der Waals surface area contributed by atoms with Crippen molar-refractivity contribution in [2.75, 3.05) is 7.11 Å². The third kappa shape index (κ3) is 3.23. The molecule has 1 N–H and O–H groups in total. The van der Waals surface area contributed by atoms with Crippen LogP contribution in [0.15, 0.2) is 53.5 Å². The van der Waals surface area contributed by atoms with E-state index in [1.165, 1.54) is 7.11 Å². The average molecular weight is 259 g/mol. The highest BCUT2D eigenvalue weighted by Gasteiger charge is 2.08. The second kappa shape index (κ2) is 6.20. The van der Waals surface area contributed by atoms with E-state index in [-0.39, 0.29) is 5.56 Å². The molecule has 0 amide bonds. The Labute approximate surface area is 111 Å². The van der Waals surface area contributed by atoms with Gasteiger partial charge in [-0.1, -0.05) is 30.3 Å². The van der Waals surface area contributed by atoms with Gasteiger partial charge in [0.1, 0.15) is 0 Å². The van der Waals surface area contributed by atoms with Crippen LogP contribution in [0.4, 0.5) is 0 Å². The zero-order valence-electron chi connectivity index (χ0n) is 10.8. The van der Waals surface area contributed by atoms with Gasteiger partial charge in [-0.25, -0.2) is 0 Å². The minimum absolute atomic E-state index is 0.176. The first-order chi connectivity index (χ1) is 9.22. The maximum Gasteiger partial charge on any atom is 0.292 e. The number of aryl methyl sites for hydroxylation is 1. The molecule has 100 valence electrons. The molecule has 2 aromatic rings. The van der Waals surface area contributed by atoms with Crippen molar-refractivity contribution >= 4 is 0 Å². The fourth-order valence-electron chi connectivity index (χ4n) is 1.95. The number of aliphatic hydroxyl groups excluding tert-OH is 1. The highest BCUT2D eigenvalue weighted by molar-refractivity contribution is 5.18. The minimum Gasteiger partial charge on any atom is -0.491 e. The Morgan fingerprint density at radius 3 is 2.63 bits per heavy atom. The summed E-state index contributed by atoms with van der Waals surface area (Å²) in [6, 6.07) is 12.8. The van der Waals surface area contributed by atoms with E-state index >= 15 is 0 Å². The van der Waals surface area contributed by atoms with Crippen LogP contribution in [0.25, 0.3) is 0 Å². The summed E-state index contributed by atoms with van der Waals surface area (Å²) in [7, 11) is 1.47. The van der Waals surface area contributed by atoms with Gasteiger partial charge in [-0.2, -0.15) is 0 Å². The molecular formula is C15H17NO3. The van der Waals surface area contributed by atoms with Crippen molar-refractivity contribution < 1.29 is 9.84 Å². The Balaban J connectivity index is 2.05. The van der Waals surface area contributed by atoms with Crippen LogP contribution < -0.4 is 10.3 Å². The largest absolute Gasteiger partial charge is 0.491 e. The predicted octanol–water partition coefficient (Wildman–Crippen LogP) is 1.98. The maximum absolute atomic E-state index is 11.9. The molecule has 4 nitrogen and oxygen atoms in total. The summed E-state index contributed by atoms with van der Waals surface area (Å²) < 4.78 is 6.53. The molecule has 0 unspecified atom stereocenters. The number of hydrogen-bond donors (Lipinski definition) is 1. The number of pyridine rings is 1. The van der Waals surface area contributed by atoms with Crippen LogP contribution in [0.3, 0.4) is 0 Å². The van der Waals surface area contributed by atoms with Crippen LogP contribution in [0, 0.1) is 0 Å². The molecule has 0 aliphatic carbocycles. The lowest BCUT2D eigenvalue weighted by Crippen LogP contribution is -2.21. The Kier molecular flexibility index (Phi) is 4.36. The van der Waals surface area contributed by atoms with Gasteiger partial charge in [-0.05, 0) is 24.1 Å². The number of rotatable bonds is 5. The molecule has 0 saturated carbocycles. The first kappa shape index (κ1) is 13.4. The number of ether oxygens (including phenoxy) is 1. The number of methoxy groups -OCH3 is 1. The summed E-state index contributed by atoms with van der Waals surface area (Å²) in [6.07, 6.45) is 1.61. The number of nitrogens with zero attached hydrogens (tertiary/aromatic N) is 1. The molecule has 0 radical (unpaired) electrons. The highest BCUT2D eigenvalue weighted by atomic mass is 16.5. The molecule has 1 atom stereocenters. The molecule has 0 bridgehead atoms. The fourth-order valence-corrected chi connectivity index (χ4v) is 1.95. The van der Waals surface area contributed by atoms with Crippen molar-refractivity contribution in [3.63, 3.8) is 0 Å². The lowest BCUT2D eigenvalue weighted by atomic mass is 10.1.